The van der Waals surface area contributed by atoms with Gasteiger partial charge >= 0.3 is 0 Å². The highest BCUT2D eigenvalue weighted by atomic mass is 35.5. The van der Waals surface area contributed by atoms with Gasteiger partial charge in [0.25, 0.3) is 5.91 Å². The van der Waals surface area contributed by atoms with Crippen LogP contribution in [0.15, 0.2) is 102 Å². The first-order valence-electron chi connectivity index (χ1n) is 11.0. The third kappa shape index (κ3) is 7.64. The summed E-state index contributed by atoms with van der Waals surface area (Å²) in [6, 6.07) is 12.5. The van der Waals surface area contributed by atoms with Crippen LogP contribution in [-0.2, 0) is 20.7 Å². The zero-order valence-corrected chi connectivity index (χ0v) is 21.9. The second-order valence-electron chi connectivity index (χ2n) is 7.72. The molecule has 0 bridgehead atoms. The summed E-state index contributed by atoms with van der Waals surface area (Å²) in [5, 5.41) is 5.28. The van der Waals surface area contributed by atoms with Crippen LogP contribution in [0.4, 0.5) is 0 Å². The molecular formula is C29H31Cl2NO3. The number of rotatable bonds is 12. The average molecular weight is 512 g/mol. The Balaban J connectivity index is 2.22. The van der Waals surface area contributed by atoms with Crippen LogP contribution in [0.3, 0.4) is 0 Å². The van der Waals surface area contributed by atoms with Crippen molar-refractivity contribution in [2.45, 2.75) is 19.8 Å². The van der Waals surface area contributed by atoms with E-state index < -0.39 is 0 Å². The van der Waals surface area contributed by atoms with Crippen molar-refractivity contribution in [3.63, 3.8) is 0 Å². The lowest BCUT2D eigenvalue weighted by Gasteiger charge is -2.15. The Hall–Kier alpha value is -3.21. The Bertz CT molecular complexity index is 1220. The minimum atomic E-state index is -0.380. The predicted octanol–water partition coefficient (Wildman–Crippen LogP) is 7.41. The number of methoxy groups -OCH3 is 2. The van der Waals surface area contributed by atoms with Crippen LogP contribution in [0.2, 0.25) is 0 Å². The monoisotopic (exact) mass is 511 g/mol. The third-order valence-electron chi connectivity index (χ3n) is 5.52. The van der Waals surface area contributed by atoms with Gasteiger partial charge in [0.05, 0.1) is 36.3 Å². The maximum Gasteiger partial charge on any atom is 0.254 e. The molecule has 2 rings (SSSR count). The molecule has 0 atom stereocenters. The fraction of sp³-hybridized carbons (Fsp3) is 0.207. The van der Waals surface area contributed by atoms with Gasteiger partial charge < -0.3 is 14.8 Å². The molecule has 2 aromatic carbocycles. The molecule has 35 heavy (non-hydrogen) atoms. The molecule has 0 aliphatic carbocycles. The van der Waals surface area contributed by atoms with Gasteiger partial charge in [0.15, 0.2) is 0 Å². The number of ether oxygens (including phenoxy) is 2. The largest absolute Gasteiger partial charge is 0.501 e. The Kier molecular flexibility index (Phi) is 10.9. The Morgan fingerprint density at radius 1 is 1.06 bits per heavy atom. The number of hydrogen-bond donors (Lipinski definition) is 1. The van der Waals surface area contributed by atoms with Crippen LogP contribution >= 0.6 is 23.2 Å². The van der Waals surface area contributed by atoms with Gasteiger partial charge in [0.2, 0.25) is 0 Å². The van der Waals surface area contributed by atoms with Crippen LogP contribution < -0.4 is 5.32 Å². The summed E-state index contributed by atoms with van der Waals surface area (Å²) in [6.07, 6.45) is 6.16. The summed E-state index contributed by atoms with van der Waals surface area (Å²) >= 11 is 11.9. The van der Waals surface area contributed by atoms with E-state index in [-0.39, 0.29) is 21.5 Å². The second kappa shape index (κ2) is 13.6. The fourth-order valence-corrected chi connectivity index (χ4v) is 4.00. The van der Waals surface area contributed by atoms with E-state index in [0.717, 1.165) is 39.0 Å². The molecule has 0 heterocycles. The molecule has 0 aliphatic heterocycles. The van der Waals surface area contributed by atoms with Crippen LogP contribution in [0.5, 0.6) is 0 Å². The Labute approximate surface area is 217 Å². The van der Waals surface area contributed by atoms with Gasteiger partial charge in [-0.3, -0.25) is 4.79 Å². The van der Waals surface area contributed by atoms with E-state index in [1.165, 1.54) is 6.08 Å². The molecule has 0 saturated carbocycles. The molecule has 0 fully saturated rings. The summed E-state index contributed by atoms with van der Waals surface area (Å²) in [6.45, 7) is 13.3. The molecule has 0 spiro atoms. The van der Waals surface area contributed by atoms with Crippen LogP contribution in [0, 0.1) is 0 Å². The summed E-state index contributed by atoms with van der Waals surface area (Å²) in [5.74, 6) is 1.25. The van der Waals surface area contributed by atoms with Crippen molar-refractivity contribution in [3.05, 3.63) is 113 Å². The summed E-state index contributed by atoms with van der Waals surface area (Å²) in [5.41, 5.74) is 3.32. The standard InChI is InChI=1S/C29H31Cl2NO3/c1-7-9-25(35-6)18-26(20(4)34-5)24-13-12-22-16-21(10-11-23(22)17-24)14-15-32-29(33)28(19(3)30)27(31)8-2/h7-13,16-17H,1-3,14-15,18H2,4-6H3,(H,32,33)/b25-9+,26-20-,28-27-. The first-order valence-corrected chi connectivity index (χ1v) is 11.8. The first-order chi connectivity index (χ1) is 16.7. The Morgan fingerprint density at radius 3 is 2.34 bits per heavy atom. The molecule has 0 saturated heterocycles. The highest BCUT2D eigenvalue weighted by Gasteiger charge is 2.15. The van der Waals surface area contributed by atoms with E-state index in [0.29, 0.717) is 19.4 Å². The van der Waals surface area contributed by atoms with Gasteiger partial charge in [-0.1, -0.05) is 79.3 Å². The van der Waals surface area contributed by atoms with Gasteiger partial charge in [-0.2, -0.15) is 0 Å². The van der Waals surface area contributed by atoms with Gasteiger partial charge in [-0.05, 0) is 53.5 Å². The number of fused-ring (bicyclic) bond motifs is 1. The van der Waals surface area contributed by atoms with Crippen LogP contribution in [0.1, 0.15) is 24.5 Å². The number of amides is 1. The zero-order chi connectivity index (χ0) is 26.0. The molecule has 2 aromatic rings. The molecule has 6 heteroatoms. The molecule has 0 unspecified atom stereocenters. The Morgan fingerprint density at radius 2 is 1.74 bits per heavy atom. The molecule has 1 N–H and O–H groups in total. The average Bonchev–Trinajstić information content (AvgIpc) is 2.85. The molecule has 4 nitrogen and oxygen atoms in total. The predicted molar refractivity (Wildman–Crippen MR) is 148 cm³/mol. The van der Waals surface area contributed by atoms with Crippen LogP contribution in [-0.4, -0.2) is 26.7 Å². The van der Waals surface area contributed by atoms with E-state index >= 15 is 0 Å². The SMILES string of the molecule is C=C/C=C(\C/C(=C(\C)OC)c1ccc2cc(CCNC(=O)/C(C(=C)Cl)=C(\Cl)C=C)ccc2c1)OC. The number of nitrogens with one attached hydrogen (secondary N) is 1. The lowest BCUT2D eigenvalue weighted by Crippen LogP contribution is -2.27. The third-order valence-corrected chi connectivity index (χ3v) is 6.05. The number of benzene rings is 2. The quantitative estimate of drug-likeness (QED) is 0.183. The fourth-order valence-electron chi connectivity index (χ4n) is 3.57. The molecule has 0 aromatic heterocycles. The smallest absolute Gasteiger partial charge is 0.254 e. The van der Waals surface area contributed by atoms with Crippen LogP contribution in [0.25, 0.3) is 16.3 Å². The number of halogens is 2. The molecular weight excluding hydrogens is 481 g/mol. The molecule has 1 amide bonds. The van der Waals surface area contributed by atoms with Crippen molar-refractivity contribution < 1.29 is 14.3 Å². The maximum atomic E-state index is 12.4. The van der Waals surface area contributed by atoms with Crippen molar-refractivity contribution in [2.75, 3.05) is 20.8 Å². The molecule has 184 valence electrons. The zero-order valence-electron chi connectivity index (χ0n) is 20.4. The van der Waals surface area contributed by atoms with E-state index in [1.807, 2.05) is 13.0 Å². The minimum Gasteiger partial charge on any atom is -0.501 e. The van der Waals surface area contributed by atoms with Gasteiger partial charge in [-0.15, -0.1) is 0 Å². The highest BCUT2D eigenvalue weighted by Crippen LogP contribution is 2.30. The van der Waals surface area contributed by atoms with Gasteiger partial charge in [0.1, 0.15) is 0 Å². The number of allylic oxidation sites excluding steroid dienone is 6. The number of carbonyl (C=O) groups is 1. The normalized spacial score (nSPS) is 12.9. The lowest BCUT2D eigenvalue weighted by atomic mass is 9.96. The number of carbonyl (C=O) groups excluding carboxylic acids is 1. The summed E-state index contributed by atoms with van der Waals surface area (Å²) < 4.78 is 11.0. The first kappa shape index (κ1) is 28.0. The summed E-state index contributed by atoms with van der Waals surface area (Å²) in [7, 11) is 3.31. The molecule has 0 aliphatic rings. The number of hydrogen-bond acceptors (Lipinski definition) is 3. The van der Waals surface area contributed by atoms with Gasteiger partial charge in [0, 0.05) is 23.6 Å². The maximum absolute atomic E-state index is 12.4. The van der Waals surface area contributed by atoms with E-state index in [9.17, 15) is 4.79 Å². The molecule has 0 radical (unpaired) electrons. The topological polar surface area (TPSA) is 47.6 Å². The van der Waals surface area contributed by atoms with Crippen molar-refractivity contribution in [2.24, 2.45) is 0 Å². The van der Waals surface area contributed by atoms with Crippen molar-refractivity contribution in [3.8, 4) is 0 Å². The van der Waals surface area contributed by atoms with Crippen molar-refractivity contribution >= 4 is 45.5 Å². The van der Waals surface area contributed by atoms with Crippen molar-refractivity contribution in [1.29, 1.82) is 0 Å². The second-order valence-corrected chi connectivity index (χ2v) is 8.59. The minimum absolute atomic E-state index is 0.0728. The lowest BCUT2D eigenvalue weighted by molar-refractivity contribution is -0.117. The van der Waals surface area contributed by atoms with Gasteiger partial charge in [-0.25, -0.2) is 0 Å². The van der Waals surface area contributed by atoms with E-state index in [4.69, 9.17) is 32.7 Å². The highest BCUT2D eigenvalue weighted by molar-refractivity contribution is 6.40. The van der Waals surface area contributed by atoms with E-state index in [1.54, 1.807) is 20.3 Å². The van der Waals surface area contributed by atoms with Crippen molar-refractivity contribution in [1.82, 2.24) is 5.32 Å². The summed E-state index contributed by atoms with van der Waals surface area (Å²) in [4.78, 5) is 12.4. The van der Waals surface area contributed by atoms with E-state index in [2.05, 4.69) is 61.5 Å².